The Hall–Kier alpha value is -0.730. The van der Waals surface area contributed by atoms with Gasteiger partial charge < -0.3 is 30.9 Å². The average molecular weight is 207 g/mol. The fourth-order valence-corrected chi connectivity index (χ4v) is 1.35. The van der Waals surface area contributed by atoms with Gasteiger partial charge in [0.15, 0.2) is 6.10 Å². The van der Waals surface area contributed by atoms with E-state index in [4.69, 9.17) is 15.6 Å². The third kappa shape index (κ3) is 1.86. The highest BCUT2D eigenvalue weighted by Crippen LogP contribution is 2.20. The Balaban J connectivity index is 2.78. The Kier molecular flexibility index (Phi) is 3.40. The number of hydrogen-bond donors (Lipinski definition) is 5. The zero-order chi connectivity index (χ0) is 10.9. The lowest BCUT2D eigenvalue weighted by molar-refractivity contribution is -0.225. The van der Waals surface area contributed by atoms with Crippen molar-refractivity contribution in [1.82, 2.24) is 0 Å². The second-order valence-corrected chi connectivity index (χ2v) is 3.14. The van der Waals surface area contributed by atoms with Crippen LogP contribution in [-0.4, -0.2) is 63.5 Å². The number of hydrogen-bond acceptors (Lipinski definition) is 6. The van der Waals surface area contributed by atoms with Crippen LogP contribution >= 0.6 is 0 Å². The van der Waals surface area contributed by atoms with E-state index in [0.29, 0.717) is 0 Å². The first kappa shape index (κ1) is 11.3. The second kappa shape index (κ2) is 4.20. The SMILES string of the molecule is NCC1O[C@H](C(=O)O)C(O)[C@H](O)C1O. The molecule has 1 heterocycles. The van der Waals surface area contributed by atoms with E-state index in [0.717, 1.165) is 0 Å². The molecule has 6 N–H and O–H groups in total. The maximum absolute atomic E-state index is 10.6. The number of carboxylic acids is 1. The minimum atomic E-state index is -1.65. The van der Waals surface area contributed by atoms with Gasteiger partial charge in [-0.05, 0) is 0 Å². The van der Waals surface area contributed by atoms with E-state index in [2.05, 4.69) is 0 Å². The molecule has 7 nitrogen and oxygen atoms in total. The third-order valence-corrected chi connectivity index (χ3v) is 2.19. The van der Waals surface area contributed by atoms with E-state index < -0.39 is 36.5 Å². The predicted molar refractivity (Wildman–Crippen MR) is 43.4 cm³/mol. The van der Waals surface area contributed by atoms with E-state index in [1.165, 1.54) is 0 Å². The average Bonchev–Trinajstić information content (AvgIpc) is 2.14. The van der Waals surface area contributed by atoms with Gasteiger partial charge >= 0.3 is 5.97 Å². The molecule has 0 radical (unpaired) electrons. The van der Waals surface area contributed by atoms with Crippen molar-refractivity contribution in [1.29, 1.82) is 0 Å². The number of aliphatic carboxylic acids is 1. The van der Waals surface area contributed by atoms with E-state index in [1.807, 2.05) is 0 Å². The summed E-state index contributed by atoms with van der Waals surface area (Å²) in [5.41, 5.74) is 5.19. The first-order valence-electron chi connectivity index (χ1n) is 4.11. The first-order valence-corrected chi connectivity index (χ1v) is 4.11. The van der Waals surface area contributed by atoms with Gasteiger partial charge in [-0.3, -0.25) is 0 Å². The normalized spacial score (nSPS) is 43.6. The van der Waals surface area contributed by atoms with Crippen molar-refractivity contribution < 1.29 is 30.0 Å². The predicted octanol–water partition coefficient (Wildman–Crippen LogP) is -3.12. The van der Waals surface area contributed by atoms with Gasteiger partial charge in [0.1, 0.15) is 18.3 Å². The number of aliphatic hydroxyl groups excluding tert-OH is 3. The summed E-state index contributed by atoms with van der Waals surface area (Å²) in [6, 6.07) is 0. The maximum atomic E-state index is 10.6. The minimum absolute atomic E-state index is 0.130. The van der Waals surface area contributed by atoms with Gasteiger partial charge in [-0.25, -0.2) is 4.79 Å². The number of carbonyl (C=O) groups is 1. The van der Waals surface area contributed by atoms with E-state index in [-0.39, 0.29) is 6.54 Å². The zero-order valence-electron chi connectivity index (χ0n) is 7.28. The van der Waals surface area contributed by atoms with Crippen LogP contribution in [0.4, 0.5) is 0 Å². The molecule has 0 aromatic carbocycles. The summed E-state index contributed by atoms with van der Waals surface area (Å²) in [6.07, 6.45) is -7.11. The molecule has 1 fully saturated rings. The lowest BCUT2D eigenvalue weighted by Gasteiger charge is -2.38. The minimum Gasteiger partial charge on any atom is -0.479 e. The standard InChI is InChI=1S/C7H13NO6/c8-1-2-3(9)4(10)5(11)6(14-2)7(12)13/h2-6,9-11H,1,8H2,(H,12,13)/t2?,3?,4-,5?,6+/m1/s1. The topological polar surface area (TPSA) is 133 Å². The van der Waals surface area contributed by atoms with Gasteiger partial charge in [0.25, 0.3) is 0 Å². The Bertz CT molecular complexity index is 220. The van der Waals surface area contributed by atoms with Crippen molar-refractivity contribution in [2.75, 3.05) is 6.54 Å². The molecule has 0 aromatic rings. The lowest BCUT2D eigenvalue weighted by Crippen LogP contribution is -2.61. The van der Waals surface area contributed by atoms with Gasteiger partial charge in [0.05, 0.1) is 6.10 Å². The van der Waals surface area contributed by atoms with Crippen LogP contribution in [0.5, 0.6) is 0 Å². The summed E-state index contributed by atoms with van der Waals surface area (Å²) < 4.78 is 4.81. The molecule has 0 saturated carbocycles. The van der Waals surface area contributed by atoms with Gasteiger partial charge in [-0.1, -0.05) is 0 Å². The molecule has 1 rings (SSSR count). The quantitative estimate of drug-likeness (QED) is 0.323. The van der Waals surface area contributed by atoms with Crippen molar-refractivity contribution >= 4 is 5.97 Å². The Labute approximate surface area is 79.7 Å². The Morgan fingerprint density at radius 1 is 1.21 bits per heavy atom. The summed E-state index contributed by atoms with van der Waals surface area (Å²) in [6.45, 7) is -0.130. The summed E-state index contributed by atoms with van der Waals surface area (Å²) in [7, 11) is 0. The number of carboxylic acid groups (broad SMARTS) is 1. The Morgan fingerprint density at radius 3 is 2.21 bits per heavy atom. The van der Waals surface area contributed by atoms with Crippen LogP contribution in [0.25, 0.3) is 0 Å². The summed E-state index contributed by atoms with van der Waals surface area (Å²) in [4.78, 5) is 10.6. The molecule has 1 aliphatic rings. The summed E-state index contributed by atoms with van der Waals surface area (Å²) >= 11 is 0. The van der Waals surface area contributed by atoms with Crippen LogP contribution in [-0.2, 0) is 9.53 Å². The molecule has 14 heavy (non-hydrogen) atoms. The van der Waals surface area contributed by atoms with E-state index in [9.17, 15) is 20.1 Å². The van der Waals surface area contributed by atoms with Crippen molar-refractivity contribution in [3.63, 3.8) is 0 Å². The maximum Gasteiger partial charge on any atom is 0.335 e. The smallest absolute Gasteiger partial charge is 0.335 e. The molecule has 0 spiro atoms. The molecule has 1 aliphatic heterocycles. The van der Waals surface area contributed by atoms with E-state index >= 15 is 0 Å². The van der Waals surface area contributed by atoms with Crippen LogP contribution in [0.1, 0.15) is 0 Å². The van der Waals surface area contributed by atoms with Crippen LogP contribution in [0.3, 0.4) is 0 Å². The van der Waals surface area contributed by atoms with Crippen molar-refractivity contribution in [2.45, 2.75) is 30.5 Å². The van der Waals surface area contributed by atoms with Gasteiger partial charge in [0.2, 0.25) is 0 Å². The lowest BCUT2D eigenvalue weighted by atomic mass is 9.95. The van der Waals surface area contributed by atoms with E-state index in [1.54, 1.807) is 0 Å². The molecule has 0 bridgehead atoms. The molecule has 82 valence electrons. The molecule has 1 saturated heterocycles. The summed E-state index contributed by atoms with van der Waals surface area (Å²) in [5.74, 6) is -1.40. The number of nitrogens with two attached hydrogens (primary N) is 1. The van der Waals surface area contributed by atoms with Crippen molar-refractivity contribution in [3.05, 3.63) is 0 Å². The molecular formula is C7H13NO6. The van der Waals surface area contributed by atoms with Crippen LogP contribution in [0.15, 0.2) is 0 Å². The number of ether oxygens (including phenoxy) is 1. The molecule has 0 aliphatic carbocycles. The fraction of sp³-hybridized carbons (Fsp3) is 0.857. The van der Waals surface area contributed by atoms with Crippen LogP contribution < -0.4 is 5.73 Å². The van der Waals surface area contributed by atoms with Crippen LogP contribution in [0.2, 0.25) is 0 Å². The molecule has 3 unspecified atom stereocenters. The highest BCUT2D eigenvalue weighted by molar-refractivity contribution is 5.73. The molecular weight excluding hydrogens is 194 g/mol. The van der Waals surface area contributed by atoms with Crippen molar-refractivity contribution in [2.24, 2.45) is 5.73 Å². The fourth-order valence-electron chi connectivity index (χ4n) is 1.35. The largest absolute Gasteiger partial charge is 0.479 e. The number of aliphatic hydroxyl groups is 3. The van der Waals surface area contributed by atoms with Gasteiger partial charge in [-0.2, -0.15) is 0 Å². The molecule has 0 aromatic heterocycles. The molecule has 7 heteroatoms. The summed E-state index contributed by atoms with van der Waals surface area (Å²) in [5, 5.41) is 36.4. The third-order valence-electron chi connectivity index (χ3n) is 2.19. The van der Waals surface area contributed by atoms with Gasteiger partial charge in [-0.15, -0.1) is 0 Å². The zero-order valence-corrected chi connectivity index (χ0v) is 7.28. The molecule has 5 atom stereocenters. The van der Waals surface area contributed by atoms with Crippen molar-refractivity contribution in [3.8, 4) is 0 Å². The van der Waals surface area contributed by atoms with Crippen LogP contribution in [0, 0.1) is 0 Å². The highest BCUT2D eigenvalue weighted by atomic mass is 16.6. The highest BCUT2D eigenvalue weighted by Gasteiger charge is 2.46. The monoisotopic (exact) mass is 207 g/mol. The van der Waals surface area contributed by atoms with Gasteiger partial charge in [0, 0.05) is 6.54 Å². The second-order valence-electron chi connectivity index (χ2n) is 3.14. The molecule has 0 amide bonds. The first-order chi connectivity index (χ1) is 6.49. The Morgan fingerprint density at radius 2 is 1.79 bits per heavy atom. The number of rotatable bonds is 2.